The van der Waals surface area contributed by atoms with Crippen LogP contribution in [0.5, 0.6) is 5.75 Å². The molecule has 4 N–H and O–H groups in total. The molecule has 0 bridgehead atoms. The Labute approximate surface area is 90.3 Å². The molecule has 0 amide bonds. The van der Waals surface area contributed by atoms with Crippen molar-refractivity contribution < 1.29 is 5.11 Å². The number of nitrogens with one attached hydrogen (secondary N) is 1. The fraction of sp³-hybridized carbons (Fsp3) is 0.500. The van der Waals surface area contributed by atoms with Gasteiger partial charge < -0.3 is 16.2 Å². The van der Waals surface area contributed by atoms with E-state index < -0.39 is 0 Å². The van der Waals surface area contributed by atoms with Crippen LogP contribution in [-0.2, 0) is 0 Å². The normalized spacial score (nSPS) is 23.7. The van der Waals surface area contributed by atoms with Crippen LogP contribution in [0.4, 0.5) is 0 Å². The second kappa shape index (κ2) is 4.64. The summed E-state index contributed by atoms with van der Waals surface area (Å²) in [6, 6.07) is 7.30. The Morgan fingerprint density at radius 1 is 1.47 bits per heavy atom. The maximum Gasteiger partial charge on any atom is 0.115 e. The lowest BCUT2D eigenvalue weighted by Crippen LogP contribution is -2.36. The minimum atomic E-state index is 0.0323. The van der Waals surface area contributed by atoms with Gasteiger partial charge in [-0.05, 0) is 49.5 Å². The van der Waals surface area contributed by atoms with E-state index in [1.165, 1.54) is 12.8 Å². The van der Waals surface area contributed by atoms with Crippen LogP contribution >= 0.6 is 0 Å². The van der Waals surface area contributed by atoms with E-state index in [1.807, 2.05) is 12.1 Å². The van der Waals surface area contributed by atoms with Crippen molar-refractivity contribution >= 4 is 0 Å². The third-order valence-corrected chi connectivity index (χ3v) is 3.10. The van der Waals surface area contributed by atoms with Crippen LogP contribution in [0.3, 0.4) is 0 Å². The Kier molecular flexibility index (Phi) is 3.23. The topological polar surface area (TPSA) is 58.3 Å². The standard InChI is InChI=1S/C12H18N2O/c13-12(10-4-2-6-14-8-10)9-3-1-5-11(15)7-9/h1,3,5,7,10,12,14-15H,2,4,6,8,13H2. The van der Waals surface area contributed by atoms with Gasteiger partial charge >= 0.3 is 0 Å². The van der Waals surface area contributed by atoms with Crippen LogP contribution in [0.25, 0.3) is 0 Å². The summed E-state index contributed by atoms with van der Waals surface area (Å²) in [7, 11) is 0. The van der Waals surface area contributed by atoms with Crippen molar-refractivity contribution in [2.24, 2.45) is 11.7 Å². The number of hydrogen-bond donors (Lipinski definition) is 3. The van der Waals surface area contributed by atoms with Crippen molar-refractivity contribution in [3.05, 3.63) is 29.8 Å². The summed E-state index contributed by atoms with van der Waals surface area (Å²) in [6.45, 7) is 2.08. The Morgan fingerprint density at radius 3 is 3.00 bits per heavy atom. The number of benzene rings is 1. The number of rotatable bonds is 2. The zero-order chi connectivity index (χ0) is 10.7. The Hall–Kier alpha value is -1.06. The van der Waals surface area contributed by atoms with Crippen LogP contribution in [0.15, 0.2) is 24.3 Å². The van der Waals surface area contributed by atoms with Crippen molar-refractivity contribution in [2.45, 2.75) is 18.9 Å². The molecule has 1 aliphatic rings. The molecule has 1 heterocycles. The third kappa shape index (κ3) is 2.49. The molecule has 0 aromatic heterocycles. The lowest BCUT2D eigenvalue weighted by molar-refractivity contribution is 0.326. The first-order valence-electron chi connectivity index (χ1n) is 5.52. The average molecular weight is 206 g/mol. The average Bonchev–Trinajstić information content (AvgIpc) is 2.29. The molecule has 0 saturated carbocycles. The highest BCUT2D eigenvalue weighted by atomic mass is 16.3. The van der Waals surface area contributed by atoms with Gasteiger partial charge in [0.1, 0.15) is 5.75 Å². The van der Waals surface area contributed by atoms with Crippen LogP contribution < -0.4 is 11.1 Å². The lowest BCUT2D eigenvalue weighted by atomic mass is 9.88. The number of nitrogens with two attached hydrogens (primary N) is 1. The van der Waals surface area contributed by atoms with Gasteiger partial charge in [0, 0.05) is 6.04 Å². The lowest BCUT2D eigenvalue weighted by Gasteiger charge is -2.28. The van der Waals surface area contributed by atoms with E-state index >= 15 is 0 Å². The maximum atomic E-state index is 9.39. The summed E-state index contributed by atoms with van der Waals surface area (Å²) in [4.78, 5) is 0. The Morgan fingerprint density at radius 2 is 2.33 bits per heavy atom. The zero-order valence-corrected chi connectivity index (χ0v) is 8.82. The molecule has 3 nitrogen and oxygen atoms in total. The van der Waals surface area contributed by atoms with Gasteiger partial charge in [0.05, 0.1) is 0 Å². The monoisotopic (exact) mass is 206 g/mol. The second-order valence-electron chi connectivity index (χ2n) is 4.23. The van der Waals surface area contributed by atoms with E-state index in [0.29, 0.717) is 11.7 Å². The van der Waals surface area contributed by atoms with E-state index in [0.717, 1.165) is 18.7 Å². The van der Waals surface area contributed by atoms with Crippen molar-refractivity contribution in [1.82, 2.24) is 5.32 Å². The summed E-state index contributed by atoms with van der Waals surface area (Å²) in [5.74, 6) is 0.785. The molecule has 82 valence electrons. The van der Waals surface area contributed by atoms with Crippen molar-refractivity contribution in [3.63, 3.8) is 0 Å². The van der Waals surface area contributed by atoms with Gasteiger partial charge in [-0.15, -0.1) is 0 Å². The fourth-order valence-electron chi connectivity index (χ4n) is 2.19. The highest BCUT2D eigenvalue weighted by Gasteiger charge is 2.21. The number of piperidine rings is 1. The molecule has 0 aliphatic carbocycles. The molecule has 0 radical (unpaired) electrons. The predicted octanol–water partition coefficient (Wildman–Crippen LogP) is 1.39. The highest BCUT2D eigenvalue weighted by Crippen LogP contribution is 2.26. The number of phenolic OH excluding ortho intramolecular Hbond substituents is 1. The van der Waals surface area contributed by atoms with Crippen LogP contribution in [0.1, 0.15) is 24.4 Å². The summed E-state index contributed by atoms with van der Waals surface area (Å²) in [5, 5.41) is 12.7. The highest BCUT2D eigenvalue weighted by molar-refractivity contribution is 5.29. The first-order chi connectivity index (χ1) is 7.27. The van der Waals surface area contributed by atoms with Gasteiger partial charge in [-0.1, -0.05) is 12.1 Å². The zero-order valence-electron chi connectivity index (χ0n) is 8.82. The molecule has 1 saturated heterocycles. The van der Waals surface area contributed by atoms with Crippen molar-refractivity contribution in [2.75, 3.05) is 13.1 Å². The molecule has 1 aliphatic heterocycles. The van der Waals surface area contributed by atoms with Crippen LogP contribution in [-0.4, -0.2) is 18.2 Å². The maximum absolute atomic E-state index is 9.39. The largest absolute Gasteiger partial charge is 0.508 e. The minimum Gasteiger partial charge on any atom is -0.508 e. The molecular formula is C12H18N2O. The molecule has 1 aromatic rings. The predicted molar refractivity (Wildman–Crippen MR) is 60.6 cm³/mol. The summed E-state index contributed by atoms with van der Waals surface area (Å²) < 4.78 is 0. The van der Waals surface area contributed by atoms with Gasteiger partial charge in [-0.25, -0.2) is 0 Å². The molecular weight excluding hydrogens is 188 g/mol. The van der Waals surface area contributed by atoms with Crippen LogP contribution in [0, 0.1) is 5.92 Å². The van der Waals surface area contributed by atoms with Crippen molar-refractivity contribution in [3.8, 4) is 5.75 Å². The van der Waals surface area contributed by atoms with Gasteiger partial charge in [0.2, 0.25) is 0 Å². The summed E-state index contributed by atoms with van der Waals surface area (Å²) in [6.07, 6.45) is 2.36. The van der Waals surface area contributed by atoms with Crippen molar-refractivity contribution in [1.29, 1.82) is 0 Å². The minimum absolute atomic E-state index is 0.0323. The van der Waals surface area contributed by atoms with Gasteiger partial charge in [-0.3, -0.25) is 0 Å². The van der Waals surface area contributed by atoms with E-state index in [2.05, 4.69) is 5.32 Å². The molecule has 1 fully saturated rings. The molecule has 3 heteroatoms. The molecule has 2 rings (SSSR count). The van der Waals surface area contributed by atoms with Gasteiger partial charge in [0.25, 0.3) is 0 Å². The fourth-order valence-corrected chi connectivity index (χ4v) is 2.19. The second-order valence-corrected chi connectivity index (χ2v) is 4.23. The summed E-state index contributed by atoms with van der Waals surface area (Å²) in [5.41, 5.74) is 7.22. The Bertz CT molecular complexity index is 321. The number of hydrogen-bond acceptors (Lipinski definition) is 3. The first-order valence-corrected chi connectivity index (χ1v) is 5.52. The molecule has 2 atom stereocenters. The van der Waals surface area contributed by atoms with Gasteiger partial charge in [-0.2, -0.15) is 0 Å². The molecule has 15 heavy (non-hydrogen) atoms. The molecule has 2 unspecified atom stereocenters. The van der Waals surface area contributed by atoms with E-state index in [-0.39, 0.29) is 6.04 Å². The van der Waals surface area contributed by atoms with Crippen LogP contribution in [0.2, 0.25) is 0 Å². The smallest absolute Gasteiger partial charge is 0.115 e. The first kappa shape index (κ1) is 10.5. The van der Waals surface area contributed by atoms with Gasteiger partial charge in [0.15, 0.2) is 0 Å². The number of aromatic hydroxyl groups is 1. The quantitative estimate of drug-likeness (QED) is 0.685. The summed E-state index contributed by atoms with van der Waals surface area (Å²) >= 11 is 0. The Balaban J connectivity index is 2.08. The number of phenols is 1. The van der Waals surface area contributed by atoms with E-state index in [4.69, 9.17) is 5.73 Å². The molecule has 1 aromatic carbocycles. The third-order valence-electron chi connectivity index (χ3n) is 3.10. The van der Waals surface area contributed by atoms with E-state index in [1.54, 1.807) is 12.1 Å². The van der Waals surface area contributed by atoms with E-state index in [9.17, 15) is 5.11 Å². The SMILES string of the molecule is NC(c1cccc(O)c1)C1CCCNC1. The molecule has 0 spiro atoms.